The van der Waals surface area contributed by atoms with E-state index >= 15 is 0 Å². The highest BCUT2D eigenvalue weighted by atomic mass is 79.9. The van der Waals surface area contributed by atoms with Gasteiger partial charge in [-0.3, -0.25) is 0 Å². The predicted molar refractivity (Wildman–Crippen MR) is 57.2 cm³/mol. The molecule has 0 aliphatic heterocycles. The Morgan fingerprint density at radius 3 is 1.71 bits per heavy atom. The minimum absolute atomic E-state index is 0.0437. The highest BCUT2D eigenvalue weighted by molar-refractivity contribution is 9.10. The Hall–Kier alpha value is -0.950. The van der Waals surface area contributed by atoms with Gasteiger partial charge < -0.3 is 0 Å². The molecular formula is C10H2BrF5S. The molecular weight excluding hydrogens is 327 g/mol. The Balaban J connectivity index is 2.84. The van der Waals surface area contributed by atoms with Gasteiger partial charge in [-0.05, 0) is 27.4 Å². The van der Waals surface area contributed by atoms with Crippen LogP contribution in [0, 0.1) is 29.1 Å². The average molecular weight is 329 g/mol. The second-order valence-electron chi connectivity index (χ2n) is 3.04. The van der Waals surface area contributed by atoms with E-state index in [2.05, 4.69) is 15.9 Å². The first-order valence-electron chi connectivity index (χ1n) is 4.20. The van der Waals surface area contributed by atoms with Crippen molar-refractivity contribution < 1.29 is 22.0 Å². The Bertz CT molecular complexity index is 564. The van der Waals surface area contributed by atoms with E-state index in [1.54, 1.807) is 0 Å². The van der Waals surface area contributed by atoms with Gasteiger partial charge in [-0.15, -0.1) is 11.3 Å². The summed E-state index contributed by atoms with van der Waals surface area (Å²) in [7, 11) is 0. The monoisotopic (exact) mass is 328 g/mol. The van der Waals surface area contributed by atoms with Crippen molar-refractivity contribution in [3.05, 3.63) is 45.0 Å². The molecule has 0 fully saturated rings. The number of hydrogen-bond donors (Lipinski definition) is 0. The van der Waals surface area contributed by atoms with E-state index < -0.39 is 34.6 Å². The topological polar surface area (TPSA) is 0 Å². The summed E-state index contributed by atoms with van der Waals surface area (Å²) >= 11 is 3.85. The van der Waals surface area contributed by atoms with Crippen LogP contribution < -0.4 is 0 Å². The van der Waals surface area contributed by atoms with E-state index in [4.69, 9.17) is 0 Å². The maximum absolute atomic E-state index is 13.4. The van der Waals surface area contributed by atoms with Gasteiger partial charge in [0, 0.05) is 4.47 Å². The molecule has 0 spiro atoms. The molecule has 2 rings (SSSR count). The van der Waals surface area contributed by atoms with Crippen LogP contribution >= 0.6 is 27.3 Å². The van der Waals surface area contributed by atoms with Crippen molar-refractivity contribution in [2.24, 2.45) is 0 Å². The smallest absolute Gasteiger partial charge is 0.200 e. The molecule has 2 aromatic rings. The van der Waals surface area contributed by atoms with Gasteiger partial charge in [0.05, 0.1) is 10.4 Å². The van der Waals surface area contributed by atoms with Gasteiger partial charge in [-0.2, -0.15) is 0 Å². The maximum Gasteiger partial charge on any atom is 0.200 e. The first-order valence-corrected chi connectivity index (χ1v) is 5.87. The van der Waals surface area contributed by atoms with E-state index in [9.17, 15) is 22.0 Å². The minimum Gasteiger partial charge on any atom is -0.203 e. The zero-order valence-electron chi connectivity index (χ0n) is 7.83. The number of thiophene rings is 1. The van der Waals surface area contributed by atoms with Gasteiger partial charge in [-0.1, -0.05) is 0 Å². The van der Waals surface area contributed by atoms with Crippen molar-refractivity contribution in [3.8, 4) is 10.4 Å². The van der Waals surface area contributed by atoms with E-state index in [1.165, 1.54) is 11.4 Å². The molecule has 0 N–H and O–H groups in total. The number of halogens is 6. The Labute approximate surface area is 105 Å². The molecule has 0 saturated heterocycles. The van der Waals surface area contributed by atoms with Crippen LogP contribution in [0.15, 0.2) is 15.9 Å². The fourth-order valence-electron chi connectivity index (χ4n) is 1.28. The largest absolute Gasteiger partial charge is 0.203 e. The van der Waals surface area contributed by atoms with Gasteiger partial charge in [-0.25, -0.2) is 22.0 Å². The minimum atomic E-state index is -2.16. The molecule has 0 nitrogen and oxygen atoms in total. The Kier molecular flexibility index (Phi) is 3.22. The molecule has 7 heteroatoms. The predicted octanol–water partition coefficient (Wildman–Crippen LogP) is 4.87. The van der Waals surface area contributed by atoms with Crippen molar-refractivity contribution >= 4 is 27.3 Å². The van der Waals surface area contributed by atoms with Gasteiger partial charge >= 0.3 is 0 Å². The molecule has 0 unspecified atom stereocenters. The lowest BCUT2D eigenvalue weighted by atomic mass is 10.1. The lowest BCUT2D eigenvalue weighted by Gasteiger charge is -2.06. The standard InChI is InChI=1S/C10H2BrF5S/c11-3-1-2-17-10(3)4-5(12)7(14)9(16)8(15)6(4)13/h1-2H. The first kappa shape index (κ1) is 12.5. The van der Waals surface area contributed by atoms with Gasteiger partial charge in [0.2, 0.25) is 5.82 Å². The summed E-state index contributed by atoms with van der Waals surface area (Å²) in [4.78, 5) is -0.0437. The van der Waals surface area contributed by atoms with Crippen LogP contribution in [0.2, 0.25) is 0 Å². The third-order valence-electron chi connectivity index (χ3n) is 2.05. The molecule has 1 heterocycles. The molecule has 0 aliphatic rings. The van der Waals surface area contributed by atoms with Gasteiger partial charge in [0.1, 0.15) is 0 Å². The SMILES string of the molecule is Fc1c(F)c(F)c(-c2sccc2Br)c(F)c1F. The summed E-state index contributed by atoms with van der Waals surface area (Å²) in [5.74, 6) is -9.70. The molecule has 0 aliphatic carbocycles. The molecule has 1 aromatic carbocycles. The molecule has 0 bridgehead atoms. The van der Waals surface area contributed by atoms with E-state index in [1.807, 2.05) is 0 Å². The Morgan fingerprint density at radius 2 is 1.29 bits per heavy atom. The Morgan fingerprint density at radius 1 is 0.824 bits per heavy atom. The zero-order valence-corrected chi connectivity index (χ0v) is 10.2. The molecule has 0 radical (unpaired) electrons. The molecule has 0 amide bonds. The second kappa shape index (κ2) is 4.38. The van der Waals surface area contributed by atoms with Crippen LogP contribution in [0.25, 0.3) is 10.4 Å². The van der Waals surface area contributed by atoms with E-state index in [0.717, 1.165) is 11.3 Å². The lowest BCUT2D eigenvalue weighted by molar-refractivity contribution is 0.381. The van der Waals surface area contributed by atoms with Crippen molar-refractivity contribution in [2.75, 3.05) is 0 Å². The molecule has 90 valence electrons. The first-order chi connectivity index (χ1) is 7.95. The second-order valence-corrected chi connectivity index (χ2v) is 4.81. The van der Waals surface area contributed by atoms with Crippen LogP contribution in [0.5, 0.6) is 0 Å². The summed E-state index contributed by atoms with van der Waals surface area (Å²) in [5, 5.41) is 1.47. The van der Waals surface area contributed by atoms with E-state index in [0.29, 0.717) is 0 Å². The van der Waals surface area contributed by atoms with Gasteiger partial charge in [0.15, 0.2) is 23.3 Å². The van der Waals surface area contributed by atoms with Crippen molar-refractivity contribution in [1.82, 2.24) is 0 Å². The van der Waals surface area contributed by atoms with Crippen LogP contribution in [-0.4, -0.2) is 0 Å². The third-order valence-corrected chi connectivity index (χ3v) is 3.91. The summed E-state index contributed by atoms with van der Waals surface area (Å²) in [6.45, 7) is 0. The zero-order chi connectivity index (χ0) is 12.7. The molecule has 0 atom stereocenters. The van der Waals surface area contributed by atoms with Crippen molar-refractivity contribution in [3.63, 3.8) is 0 Å². The molecule has 17 heavy (non-hydrogen) atoms. The van der Waals surface area contributed by atoms with Gasteiger partial charge in [0.25, 0.3) is 0 Å². The molecule has 0 saturated carbocycles. The summed E-state index contributed by atoms with van der Waals surface area (Å²) in [6.07, 6.45) is 0. The number of benzene rings is 1. The summed E-state index contributed by atoms with van der Waals surface area (Å²) in [5.41, 5.74) is -0.914. The number of hydrogen-bond acceptors (Lipinski definition) is 1. The fraction of sp³-hybridized carbons (Fsp3) is 0. The van der Waals surface area contributed by atoms with Crippen LogP contribution in [-0.2, 0) is 0 Å². The molecule has 1 aromatic heterocycles. The maximum atomic E-state index is 13.4. The van der Waals surface area contributed by atoms with Crippen LogP contribution in [0.3, 0.4) is 0 Å². The van der Waals surface area contributed by atoms with Crippen molar-refractivity contribution in [1.29, 1.82) is 0 Å². The average Bonchev–Trinajstić information content (AvgIpc) is 2.71. The summed E-state index contributed by atoms with van der Waals surface area (Å²) < 4.78 is 65.8. The highest BCUT2D eigenvalue weighted by Crippen LogP contribution is 2.38. The number of rotatable bonds is 1. The van der Waals surface area contributed by atoms with Crippen LogP contribution in [0.4, 0.5) is 22.0 Å². The quantitative estimate of drug-likeness (QED) is 0.398. The highest BCUT2D eigenvalue weighted by Gasteiger charge is 2.27. The van der Waals surface area contributed by atoms with E-state index in [-0.39, 0.29) is 9.35 Å². The fourth-order valence-corrected chi connectivity index (χ4v) is 2.88. The van der Waals surface area contributed by atoms with Crippen LogP contribution in [0.1, 0.15) is 0 Å². The lowest BCUT2D eigenvalue weighted by Crippen LogP contribution is -2.03. The normalized spacial score (nSPS) is 10.9. The van der Waals surface area contributed by atoms with Crippen molar-refractivity contribution in [2.45, 2.75) is 0 Å². The third kappa shape index (κ3) is 1.87. The summed E-state index contributed by atoms with van der Waals surface area (Å²) in [6, 6.07) is 1.46.